The monoisotopic (exact) mass is 425 g/mol. The highest BCUT2D eigenvalue weighted by Gasteiger charge is 2.20. The molecule has 28 heavy (non-hydrogen) atoms. The van der Waals surface area contributed by atoms with Gasteiger partial charge in [-0.3, -0.25) is 4.79 Å². The van der Waals surface area contributed by atoms with Crippen LogP contribution in [0.2, 0.25) is 10.0 Å². The predicted molar refractivity (Wildman–Crippen MR) is 112 cm³/mol. The van der Waals surface area contributed by atoms with E-state index in [-0.39, 0.29) is 12.5 Å². The van der Waals surface area contributed by atoms with Crippen molar-refractivity contribution in [3.63, 3.8) is 0 Å². The number of carbonyl (C=O) groups is 1. The number of carboxylic acid groups (broad SMARTS) is 1. The maximum absolute atomic E-state index is 11.5. The Kier molecular flexibility index (Phi) is 8.42. The Balaban J connectivity index is 2.20. The van der Waals surface area contributed by atoms with E-state index in [0.29, 0.717) is 40.1 Å². The van der Waals surface area contributed by atoms with Crippen LogP contribution in [-0.2, 0) is 17.9 Å². The van der Waals surface area contributed by atoms with Crippen LogP contribution in [-0.4, -0.2) is 24.2 Å². The Bertz CT molecular complexity index is 791. The number of ether oxygens (including phenoxy) is 2. The van der Waals surface area contributed by atoms with Gasteiger partial charge in [-0.2, -0.15) is 0 Å². The molecule has 2 aromatic carbocycles. The van der Waals surface area contributed by atoms with Crippen molar-refractivity contribution in [1.82, 2.24) is 5.32 Å². The first-order valence-corrected chi connectivity index (χ1v) is 9.76. The molecule has 0 spiro atoms. The van der Waals surface area contributed by atoms with Crippen molar-refractivity contribution in [3.05, 3.63) is 57.6 Å². The third-order valence-electron chi connectivity index (χ3n) is 4.25. The normalized spacial score (nSPS) is 12.1. The molecule has 0 amide bonds. The van der Waals surface area contributed by atoms with Crippen LogP contribution >= 0.6 is 23.2 Å². The van der Waals surface area contributed by atoms with Gasteiger partial charge in [-0.05, 0) is 30.5 Å². The molecule has 1 atom stereocenters. The number of halogens is 2. The number of nitrogens with one attached hydrogen (secondary N) is 1. The van der Waals surface area contributed by atoms with E-state index in [4.69, 9.17) is 32.7 Å². The van der Waals surface area contributed by atoms with Gasteiger partial charge in [0.05, 0.1) is 7.11 Å². The van der Waals surface area contributed by atoms with Gasteiger partial charge in [-0.15, -0.1) is 0 Å². The number of methoxy groups -OCH3 is 1. The maximum atomic E-state index is 11.5. The Labute approximate surface area is 175 Å². The molecule has 2 rings (SSSR count). The Morgan fingerprint density at radius 2 is 1.79 bits per heavy atom. The molecule has 7 heteroatoms. The molecule has 0 aliphatic heterocycles. The molecular formula is C21H25Cl2NO4. The van der Waals surface area contributed by atoms with Crippen molar-refractivity contribution in [2.75, 3.05) is 7.11 Å². The number of para-hydroxylation sites is 1. The lowest BCUT2D eigenvalue weighted by Gasteiger charge is -2.19. The van der Waals surface area contributed by atoms with Crippen LogP contribution in [0.25, 0.3) is 0 Å². The minimum Gasteiger partial charge on any atom is -0.493 e. The van der Waals surface area contributed by atoms with Crippen molar-refractivity contribution in [1.29, 1.82) is 0 Å². The highest BCUT2D eigenvalue weighted by molar-refractivity contribution is 6.35. The van der Waals surface area contributed by atoms with Crippen LogP contribution in [0.5, 0.6) is 11.5 Å². The topological polar surface area (TPSA) is 67.8 Å². The summed E-state index contributed by atoms with van der Waals surface area (Å²) >= 11 is 12.4. The second-order valence-electron chi connectivity index (χ2n) is 6.84. The summed E-state index contributed by atoms with van der Waals surface area (Å²) in [7, 11) is 1.56. The molecule has 5 nitrogen and oxygen atoms in total. The third-order valence-corrected chi connectivity index (χ3v) is 4.96. The molecule has 0 heterocycles. The number of rotatable bonds is 10. The first-order valence-electron chi connectivity index (χ1n) is 9.01. The summed E-state index contributed by atoms with van der Waals surface area (Å²) in [6, 6.07) is 10.1. The largest absolute Gasteiger partial charge is 0.493 e. The fraction of sp³-hybridized carbons (Fsp3) is 0.381. The summed E-state index contributed by atoms with van der Waals surface area (Å²) in [5, 5.41) is 13.6. The summed E-state index contributed by atoms with van der Waals surface area (Å²) in [4.78, 5) is 11.5. The number of carboxylic acids is 1. The Morgan fingerprint density at radius 3 is 2.36 bits per heavy atom. The second-order valence-corrected chi connectivity index (χ2v) is 7.65. The van der Waals surface area contributed by atoms with Crippen LogP contribution in [0, 0.1) is 5.92 Å². The van der Waals surface area contributed by atoms with E-state index in [0.717, 1.165) is 5.56 Å². The van der Waals surface area contributed by atoms with Gasteiger partial charge in [0.1, 0.15) is 12.6 Å². The number of hydrogen-bond donors (Lipinski definition) is 2. The van der Waals surface area contributed by atoms with E-state index in [1.165, 1.54) is 0 Å². The fourth-order valence-electron chi connectivity index (χ4n) is 2.82. The molecule has 152 valence electrons. The van der Waals surface area contributed by atoms with E-state index >= 15 is 0 Å². The zero-order chi connectivity index (χ0) is 20.7. The third kappa shape index (κ3) is 6.03. The molecule has 0 aliphatic carbocycles. The highest BCUT2D eigenvalue weighted by atomic mass is 35.5. The van der Waals surface area contributed by atoms with E-state index in [1.807, 2.05) is 26.0 Å². The predicted octanol–water partition coefficient (Wildman–Crippen LogP) is 5.17. The van der Waals surface area contributed by atoms with Gasteiger partial charge in [-0.25, -0.2) is 0 Å². The molecule has 0 bridgehead atoms. The minimum absolute atomic E-state index is 0.167. The molecule has 0 aliphatic rings. The molecule has 0 fully saturated rings. The van der Waals surface area contributed by atoms with Crippen molar-refractivity contribution in [3.8, 4) is 11.5 Å². The standard InChI is InChI=1S/C21H25Cl2NO4/c1-13(2)10-18(21(25)26)24-11-14-6-4-9-19(27-3)20(14)28-12-15-16(22)7-5-8-17(15)23/h4-9,13,18,24H,10-12H2,1-3H3,(H,25,26). The lowest BCUT2D eigenvalue weighted by Crippen LogP contribution is -2.37. The number of aliphatic carboxylic acids is 1. The van der Waals surface area contributed by atoms with Gasteiger partial charge < -0.3 is 19.9 Å². The van der Waals surface area contributed by atoms with Gasteiger partial charge in [0.15, 0.2) is 11.5 Å². The van der Waals surface area contributed by atoms with Crippen LogP contribution in [0.3, 0.4) is 0 Å². The molecule has 2 aromatic rings. The van der Waals surface area contributed by atoms with Crippen LogP contribution in [0.4, 0.5) is 0 Å². The SMILES string of the molecule is COc1cccc(CNC(CC(C)C)C(=O)O)c1OCc1c(Cl)cccc1Cl. The quantitative estimate of drug-likeness (QED) is 0.549. The maximum Gasteiger partial charge on any atom is 0.320 e. The highest BCUT2D eigenvalue weighted by Crippen LogP contribution is 2.33. The van der Waals surface area contributed by atoms with Crippen LogP contribution in [0.1, 0.15) is 31.4 Å². The van der Waals surface area contributed by atoms with Gasteiger partial charge in [0, 0.05) is 27.7 Å². The Hall–Kier alpha value is -1.95. The summed E-state index contributed by atoms with van der Waals surface area (Å²) in [5.74, 6) is 0.472. The number of hydrogen-bond acceptors (Lipinski definition) is 4. The first kappa shape index (κ1) is 22.3. The zero-order valence-electron chi connectivity index (χ0n) is 16.2. The summed E-state index contributed by atoms with van der Waals surface area (Å²) in [6.07, 6.45) is 0.532. The van der Waals surface area contributed by atoms with Crippen molar-refractivity contribution in [2.24, 2.45) is 5.92 Å². The summed E-state index contributed by atoms with van der Waals surface area (Å²) < 4.78 is 11.4. The van der Waals surface area contributed by atoms with Gasteiger partial charge in [0.25, 0.3) is 0 Å². The Morgan fingerprint density at radius 1 is 1.14 bits per heavy atom. The van der Waals surface area contributed by atoms with Crippen LogP contribution in [0.15, 0.2) is 36.4 Å². The second kappa shape index (κ2) is 10.6. The lowest BCUT2D eigenvalue weighted by molar-refractivity contribution is -0.140. The van der Waals surface area contributed by atoms with E-state index in [1.54, 1.807) is 31.4 Å². The van der Waals surface area contributed by atoms with E-state index in [2.05, 4.69) is 5.32 Å². The molecule has 0 saturated carbocycles. The minimum atomic E-state index is -0.873. The average molecular weight is 426 g/mol. The molecular weight excluding hydrogens is 401 g/mol. The zero-order valence-corrected chi connectivity index (χ0v) is 17.7. The molecule has 0 radical (unpaired) electrons. The summed E-state index contributed by atoms with van der Waals surface area (Å²) in [6.45, 7) is 4.48. The van der Waals surface area contributed by atoms with Crippen molar-refractivity contribution in [2.45, 2.75) is 39.5 Å². The lowest BCUT2D eigenvalue weighted by atomic mass is 10.0. The molecule has 2 N–H and O–H groups in total. The molecule has 0 aromatic heterocycles. The number of benzene rings is 2. The first-order chi connectivity index (χ1) is 13.3. The van der Waals surface area contributed by atoms with Gasteiger partial charge in [-0.1, -0.05) is 55.2 Å². The average Bonchev–Trinajstić information content (AvgIpc) is 2.64. The van der Waals surface area contributed by atoms with Gasteiger partial charge in [0.2, 0.25) is 0 Å². The van der Waals surface area contributed by atoms with Crippen molar-refractivity contribution >= 4 is 29.2 Å². The molecule has 1 unspecified atom stereocenters. The smallest absolute Gasteiger partial charge is 0.320 e. The van der Waals surface area contributed by atoms with E-state index < -0.39 is 12.0 Å². The van der Waals surface area contributed by atoms with E-state index in [9.17, 15) is 9.90 Å². The molecule has 0 saturated heterocycles. The van der Waals surface area contributed by atoms with Crippen LogP contribution < -0.4 is 14.8 Å². The summed E-state index contributed by atoms with van der Waals surface area (Å²) in [5.41, 5.74) is 1.47. The van der Waals surface area contributed by atoms with Crippen molar-refractivity contribution < 1.29 is 19.4 Å². The van der Waals surface area contributed by atoms with Gasteiger partial charge >= 0.3 is 5.97 Å². The fourth-order valence-corrected chi connectivity index (χ4v) is 3.32.